The molecule has 10 heteroatoms. The van der Waals surface area contributed by atoms with Crippen molar-refractivity contribution >= 4 is 40.7 Å². The van der Waals surface area contributed by atoms with Gasteiger partial charge in [0.25, 0.3) is 11.6 Å². The van der Waals surface area contributed by atoms with Gasteiger partial charge in [0.1, 0.15) is 0 Å². The summed E-state index contributed by atoms with van der Waals surface area (Å²) in [6.45, 7) is 0. The fraction of sp³-hybridized carbons (Fsp3) is 0.0588. The minimum Gasteiger partial charge on any atom is -0.267 e. The molecule has 0 N–H and O–H groups in total. The Morgan fingerprint density at radius 2 is 1.67 bits per heavy atom. The maximum absolute atomic E-state index is 13.3. The van der Waals surface area contributed by atoms with Crippen LogP contribution in [0.25, 0.3) is 6.08 Å². The Bertz CT molecular complexity index is 968. The number of alkyl halides is 3. The number of carbonyl (C=O) groups excluding carboxylic acids is 1. The zero-order chi connectivity index (χ0) is 19.8. The zero-order valence-electron chi connectivity index (χ0n) is 13.3. The highest BCUT2D eigenvalue weighted by atomic mass is 35.5. The Balaban J connectivity index is 2.03. The number of hydrazone groups is 1. The maximum atomic E-state index is 13.3. The Morgan fingerprint density at radius 1 is 1.07 bits per heavy atom. The van der Waals surface area contributed by atoms with Gasteiger partial charge < -0.3 is 0 Å². The molecule has 0 aliphatic carbocycles. The molecule has 0 saturated carbocycles. The van der Waals surface area contributed by atoms with E-state index in [4.69, 9.17) is 11.6 Å². The first-order valence-corrected chi connectivity index (χ1v) is 7.77. The Hall–Kier alpha value is -3.20. The normalized spacial score (nSPS) is 16.0. The third-order valence-electron chi connectivity index (χ3n) is 3.63. The number of non-ortho nitro benzene ring substituents is 1. The fourth-order valence-corrected chi connectivity index (χ4v) is 2.50. The molecule has 0 unspecified atom stereocenters. The second-order valence-corrected chi connectivity index (χ2v) is 5.88. The van der Waals surface area contributed by atoms with E-state index in [0.717, 1.165) is 30.3 Å². The van der Waals surface area contributed by atoms with Crippen LogP contribution in [-0.4, -0.2) is 22.7 Å². The van der Waals surface area contributed by atoms with E-state index in [1.54, 1.807) is 0 Å². The first-order valence-electron chi connectivity index (χ1n) is 7.39. The average molecular weight is 396 g/mol. The number of hydrogen-bond donors (Lipinski definition) is 0. The van der Waals surface area contributed by atoms with Crippen molar-refractivity contribution in [3.8, 4) is 0 Å². The molecule has 1 aliphatic heterocycles. The van der Waals surface area contributed by atoms with Crippen LogP contribution < -0.4 is 5.01 Å². The summed E-state index contributed by atoms with van der Waals surface area (Å²) in [6.07, 6.45) is -3.79. The van der Waals surface area contributed by atoms with E-state index < -0.39 is 28.3 Å². The molecule has 0 bridgehead atoms. The van der Waals surface area contributed by atoms with Crippen LogP contribution in [0.4, 0.5) is 24.5 Å². The molecule has 1 heterocycles. The average Bonchev–Trinajstić information content (AvgIpc) is 2.94. The predicted molar refractivity (Wildman–Crippen MR) is 93.5 cm³/mol. The van der Waals surface area contributed by atoms with E-state index in [9.17, 15) is 28.1 Å². The van der Waals surface area contributed by atoms with E-state index in [0.29, 0.717) is 15.6 Å². The van der Waals surface area contributed by atoms with Crippen LogP contribution in [0.1, 0.15) is 5.56 Å². The van der Waals surface area contributed by atoms with Gasteiger partial charge >= 0.3 is 6.18 Å². The molecule has 0 radical (unpaired) electrons. The lowest BCUT2D eigenvalue weighted by molar-refractivity contribution is -0.384. The maximum Gasteiger partial charge on any atom is 0.435 e. The smallest absolute Gasteiger partial charge is 0.267 e. The van der Waals surface area contributed by atoms with Crippen LogP contribution in [0.2, 0.25) is 5.02 Å². The molecule has 2 aromatic carbocycles. The van der Waals surface area contributed by atoms with Crippen molar-refractivity contribution < 1.29 is 22.9 Å². The topological polar surface area (TPSA) is 75.8 Å². The second kappa shape index (κ2) is 6.84. The number of nitrogens with zero attached hydrogens (tertiary/aromatic N) is 3. The standard InChI is InChI=1S/C17H9ClF3N3O3/c18-11-3-1-10(2-4-11)9-14-15(17(19,20)21)22-23(16(14)25)12-5-7-13(8-6-12)24(26)27/h1-9H/b14-9-. The third kappa shape index (κ3) is 3.82. The van der Waals surface area contributed by atoms with Crippen molar-refractivity contribution in [2.24, 2.45) is 5.10 Å². The van der Waals surface area contributed by atoms with Crippen molar-refractivity contribution in [3.63, 3.8) is 0 Å². The number of halogens is 4. The largest absolute Gasteiger partial charge is 0.435 e. The van der Waals surface area contributed by atoms with Crippen molar-refractivity contribution in [2.75, 3.05) is 5.01 Å². The van der Waals surface area contributed by atoms with Gasteiger partial charge in [0.05, 0.1) is 16.2 Å². The molecule has 2 aromatic rings. The highest BCUT2D eigenvalue weighted by Gasteiger charge is 2.46. The Morgan fingerprint density at radius 3 is 2.19 bits per heavy atom. The summed E-state index contributed by atoms with van der Waals surface area (Å²) in [5, 5.41) is 15.0. The molecular formula is C17H9ClF3N3O3. The molecule has 0 spiro atoms. The van der Waals surface area contributed by atoms with Crippen molar-refractivity contribution in [3.05, 3.63) is 74.8 Å². The van der Waals surface area contributed by atoms with E-state index in [1.807, 2.05) is 0 Å². The van der Waals surface area contributed by atoms with Crippen LogP contribution in [0.3, 0.4) is 0 Å². The SMILES string of the molecule is O=C1/C(=C\c2ccc(Cl)cc2)C(C(F)(F)F)=NN1c1ccc([N+](=O)[O-])cc1. The minimum atomic E-state index is -4.86. The minimum absolute atomic E-state index is 0.0214. The van der Waals surface area contributed by atoms with Gasteiger partial charge in [-0.05, 0) is 35.9 Å². The highest BCUT2D eigenvalue weighted by Crippen LogP contribution is 2.33. The molecule has 0 fully saturated rings. The first-order chi connectivity index (χ1) is 12.7. The summed E-state index contributed by atoms with van der Waals surface area (Å²) < 4.78 is 40.0. The van der Waals surface area contributed by atoms with Crippen molar-refractivity contribution in [1.29, 1.82) is 0 Å². The highest BCUT2D eigenvalue weighted by molar-refractivity contribution is 6.34. The van der Waals surface area contributed by atoms with Crippen LogP contribution >= 0.6 is 11.6 Å². The Labute approximate surface area is 155 Å². The molecule has 1 amide bonds. The van der Waals surface area contributed by atoms with Gasteiger partial charge in [0.15, 0.2) is 5.71 Å². The van der Waals surface area contributed by atoms with Gasteiger partial charge in [-0.3, -0.25) is 14.9 Å². The molecule has 0 saturated heterocycles. The number of rotatable bonds is 3. The van der Waals surface area contributed by atoms with Gasteiger partial charge in [0.2, 0.25) is 0 Å². The first kappa shape index (κ1) is 18.6. The van der Waals surface area contributed by atoms with Gasteiger partial charge in [-0.15, -0.1) is 0 Å². The van der Waals surface area contributed by atoms with E-state index >= 15 is 0 Å². The molecule has 6 nitrogen and oxygen atoms in total. The predicted octanol–water partition coefficient (Wildman–Crippen LogP) is 4.60. The molecular weight excluding hydrogens is 387 g/mol. The summed E-state index contributed by atoms with van der Waals surface area (Å²) in [4.78, 5) is 22.6. The zero-order valence-corrected chi connectivity index (χ0v) is 14.0. The van der Waals surface area contributed by atoms with Gasteiger partial charge in [0, 0.05) is 17.2 Å². The number of carbonyl (C=O) groups is 1. The lowest BCUT2D eigenvalue weighted by Gasteiger charge is -2.11. The third-order valence-corrected chi connectivity index (χ3v) is 3.88. The number of nitro benzene ring substituents is 1. The molecule has 138 valence electrons. The number of nitro groups is 1. The van der Waals surface area contributed by atoms with Crippen LogP contribution in [0.5, 0.6) is 0 Å². The quantitative estimate of drug-likeness (QED) is 0.433. The van der Waals surface area contributed by atoms with Gasteiger partial charge in [-0.25, -0.2) is 0 Å². The van der Waals surface area contributed by atoms with E-state index in [1.165, 1.54) is 24.3 Å². The Kier molecular flexibility index (Phi) is 4.71. The lowest BCUT2D eigenvalue weighted by atomic mass is 10.1. The molecule has 0 aromatic heterocycles. The summed E-state index contributed by atoms with van der Waals surface area (Å²) in [5.41, 5.74) is -1.93. The molecule has 27 heavy (non-hydrogen) atoms. The summed E-state index contributed by atoms with van der Waals surface area (Å²) in [7, 11) is 0. The van der Waals surface area contributed by atoms with Crippen LogP contribution in [0.15, 0.2) is 59.2 Å². The second-order valence-electron chi connectivity index (χ2n) is 5.45. The fourth-order valence-electron chi connectivity index (χ4n) is 2.37. The molecule has 1 aliphatic rings. The van der Waals surface area contributed by atoms with Crippen LogP contribution in [-0.2, 0) is 4.79 Å². The monoisotopic (exact) mass is 395 g/mol. The number of hydrogen-bond acceptors (Lipinski definition) is 4. The molecule has 0 atom stereocenters. The number of benzene rings is 2. The number of anilines is 1. The van der Waals surface area contributed by atoms with Gasteiger partial charge in [-0.2, -0.15) is 23.3 Å². The summed E-state index contributed by atoms with van der Waals surface area (Å²) in [5.74, 6) is -0.994. The van der Waals surface area contributed by atoms with E-state index in [2.05, 4.69) is 5.10 Å². The van der Waals surface area contributed by atoms with Crippen LogP contribution in [0, 0.1) is 10.1 Å². The molecule has 3 rings (SSSR count). The van der Waals surface area contributed by atoms with Gasteiger partial charge in [-0.1, -0.05) is 23.7 Å². The lowest BCUT2D eigenvalue weighted by Crippen LogP contribution is -2.25. The summed E-state index contributed by atoms with van der Waals surface area (Å²) in [6, 6.07) is 10.3. The van der Waals surface area contributed by atoms with Crippen molar-refractivity contribution in [1.82, 2.24) is 0 Å². The summed E-state index contributed by atoms with van der Waals surface area (Å²) >= 11 is 5.75. The van der Waals surface area contributed by atoms with Crippen molar-refractivity contribution in [2.45, 2.75) is 6.18 Å². The van der Waals surface area contributed by atoms with E-state index in [-0.39, 0.29) is 11.4 Å². The number of amides is 1.